The van der Waals surface area contributed by atoms with Crippen LogP contribution in [-0.2, 0) is 9.53 Å². The first-order valence-corrected chi connectivity index (χ1v) is 5.02. The minimum absolute atomic E-state index is 0.102. The van der Waals surface area contributed by atoms with Gasteiger partial charge in [-0.3, -0.25) is 4.79 Å². The highest BCUT2D eigenvalue weighted by Gasteiger charge is 2.44. The molecule has 66 valence electrons. The topological polar surface area (TPSA) is 26.3 Å². The number of rotatable bonds is 0. The fourth-order valence-corrected chi connectivity index (χ4v) is 3.34. The van der Waals surface area contributed by atoms with Crippen molar-refractivity contribution in [2.45, 2.75) is 38.2 Å². The summed E-state index contributed by atoms with van der Waals surface area (Å²) < 4.78 is 5.40. The third kappa shape index (κ3) is 0.900. The van der Waals surface area contributed by atoms with Crippen molar-refractivity contribution >= 4 is 5.97 Å². The lowest BCUT2D eigenvalue weighted by Crippen LogP contribution is -2.29. The first-order chi connectivity index (χ1) is 5.81. The average molecular weight is 166 g/mol. The molecule has 2 aliphatic carbocycles. The van der Waals surface area contributed by atoms with Crippen LogP contribution in [0.3, 0.4) is 0 Å². The Morgan fingerprint density at radius 1 is 1.00 bits per heavy atom. The summed E-state index contributed by atoms with van der Waals surface area (Å²) in [5, 5.41) is 0. The van der Waals surface area contributed by atoms with E-state index in [0.717, 1.165) is 37.5 Å². The Bertz CT molecular complexity index is 210. The van der Waals surface area contributed by atoms with Gasteiger partial charge in [0.25, 0.3) is 0 Å². The van der Waals surface area contributed by atoms with E-state index in [9.17, 15) is 4.79 Å². The Labute approximate surface area is 72.3 Å². The van der Waals surface area contributed by atoms with E-state index < -0.39 is 0 Å². The SMILES string of the molecule is O=C1OC2CC3C[C@H](C2)C[C@H]1C3. The molecule has 4 fully saturated rings. The second-order valence-electron chi connectivity index (χ2n) is 4.67. The molecule has 0 spiro atoms. The molecule has 0 amide bonds. The van der Waals surface area contributed by atoms with E-state index in [2.05, 4.69) is 0 Å². The zero-order valence-corrected chi connectivity index (χ0v) is 7.16. The van der Waals surface area contributed by atoms with Crippen molar-refractivity contribution < 1.29 is 9.53 Å². The molecule has 2 saturated carbocycles. The number of carbonyl (C=O) groups is 1. The molecule has 4 bridgehead atoms. The summed E-state index contributed by atoms with van der Waals surface area (Å²) >= 11 is 0. The molecule has 4 rings (SSSR count). The number of hydrogen-bond acceptors (Lipinski definition) is 2. The van der Waals surface area contributed by atoms with Gasteiger partial charge in [0.15, 0.2) is 0 Å². The van der Waals surface area contributed by atoms with Crippen LogP contribution in [0.5, 0.6) is 0 Å². The van der Waals surface area contributed by atoms with Gasteiger partial charge in [0.05, 0.1) is 5.92 Å². The van der Waals surface area contributed by atoms with E-state index >= 15 is 0 Å². The molecule has 2 nitrogen and oxygen atoms in total. The molecule has 0 aromatic heterocycles. The van der Waals surface area contributed by atoms with Gasteiger partial charge in [0, 0.05) is 0 Å². The van der Waals surface area contributed by atoms with Crippen LogP contribution in [0, 0.1) is 17.8 Å². The summed E-state index contributed by atoms with van der Waals surface area (Å²) in [5.41, 5.74) is 0. The van der Waals surface area contributed by atoms with E-state index in [4.69, 9.17) is 4.74 Å². The van der Waals surface area contributed by atoms with Crippen molar-refractivity contribution in [1.82, 2.24) is 0 Å². The van der Waals surface area contributed by atoms with Crippen LogP contribution in [-0.4, -0.2) is 12.1 Å². The molecule has 0 aromatic rings. The first-order valence-electron chi connectivity index (χ1n) is 5.02. The van der Waals surface area contributed by atoms with Crippen LogP contribution in [0.25, 0.3) is 0 Å². The number of fused-ring (bicyclic) bond motifs is 1. The van der Waals surface area contributed by atoms with Crippen LogP contribution >= 0.6 is 0 Å². The highest BCUT2D eigenvalue weighted by Crippen LogP contribution is 2.46. The van der Waals surface area contributed by atoms with Crippen LogP contribution in [0.4, 0.5) is 0 Å². The van der Waals surface area contributed by atoms with E-state index in [0.29, 0.717) is 0 Å². The quantitative estimate of drug-likeness (QED) is 0.512. The molecule has 2 heterocycles. The second-order valence-corrected chi connectivity index (χ2v) is 4.67. The largest absolute Gasteiger partial charge is 0.462 e. The summed E-state index contributed by atoms with van der Waals surface area (Å²) in [4.78, 5) is 11.4. The summed E-state index contributed by atoms with van der Waals surface area (Å²) in [6.07, 6.45) is 6.19. The molecule has 0 N–H and O–H groups in total. The Morgan fingerprint density at radius 3 is 2.33 bits per heavy atom. The average Bonchev–Trinajstić information content (AvgIpc) is 2.16. The molecular weight excluding hydrogens is 152 g/mol. The Hall–Kier alpha value is -0.530. The van der Waals surface area contributed by atoms with Gasteiger partial charge >= 0.3 is 5.97 Å². The molecule has 0 radical (unpaired) electrons. The van der Waals surface area contributed by atoms with E-state index in [1.54, 1.807) is 0 Å². The predicted octanol–water partition coefficient (Wildman–Crippen LogP) is 1.74. The molecule has 2 aliphatic heterocycles. The molecular formula is C10H14O2. The van der Waals surface area contributed by atoms with Gasteiger partial charge in [0.2, 0.25) is 0 Å². The maximum absolute atomic E-state index is 11.4. The molecule has 4 atom stereocenters. The van der Waals surface area contributed by atoms with Crippen molar-refractivity contribution in [3.8, 4) is 0 Å². The normalized spacial score (nSPS) is 50.5. The first kappa shape index (κ1) is 6.93. The van der Waals surface area contributed by atoms with Gasteiger partial charge in [-0.15, -0.1) is 0 Å². The molecule has 4 aliphatic rings. The predicted molar refractivity (Wildman–Crippen MR) is 43.4 cm³/mol. The van der Waals surface area contributed by atoms with Gasteiger partial charge in [-0.25, -0.2) is 0 Å². The standard InChI is InChI=1S/C10H14O2/c11-10-8-2-6-1-7(3-8)5-9(4-6)12-10/h6-9H,1-5H2/t6-,7?,8-,9?/m0/s1. The maximum Gasteiger partial charge on any atom is 0.309 e. The molecule has 2 unspecified atom stereocenters. The summed E-state index contributed by atoms with van der Waals surface area (Å²) in [6.45, 7) is 0. The van der Waals surface area contributed by atoms with Crippen molar-refractivity contribution in [3.63, 3.8) is 0 Å². The molecule has 0 aromatic carbocycles. The van der Waals surface area contributed by atoms with Crippen molar-refractivity contribution in [2.24, 2.45) is 17.8 Å². The Kier molecular flexibility index (Phi) is 1.29. The van der Waals surface area contributed by atoms with E-state index in [1.165, 1.54) is 6.42 Å². The van der Waals surface area contributed by atoms with Crippen LogP contribution in [0.1, 0.15) is 32.1 Å². The lowest BCUT2D eigenvalue weighted by Gasteiger charge is -2.35. The summed E-state index contributed by atoms with van der Waals surface area (Å²) in [6, 6.07) is 0. The van der Waals surface area contributed by atoms with E-state index in [1.807, 2.05) is 0 Å². The van der Waals surface area contributed by atoms with Crippen LogP contribution in [0.15, 0.2) is 0 Å². The van der Waals surface area contributed by atoms with Gasteiger partial charge in [-0.1, -0.05) is 0 Å². The fourth-order valence-electron chi connectivity index (χ4n) is 3.34. The zero-order valence-electron chi connectivity index (χ0n) is 7.16. The maximum atomic E-state index is 11.4. The number of carbonyl (C=O) groups excluding carboxylic acids is 1. The zero-order chi connectivity index (χ0) is 8.13. The minimum atomic E-state index is 0.102. The molecule has 12 heavy (non-hydrogen) atoms. The lowest BCUT2D eigenvalue weighted by molar-refractivity contribution is -0.151. The van der Waals surface area contributed by atoms with Gasteiger partial charge in [-0.2, -0.15) is 0 Å². The van der Waals surface area contributed by atoms with Gasteiger partial charge in [-0.05, 0) is 43.9 Å². The number of ether oxygens (including phenoxy) is 1. The summed E-state index contributed by atoms with van der Waals surface area (Å²) in [7, 11) is 0. The van der Waals surface area contributed by atoms with Crippen LogP contribution < -0.4 is 0 Å². The molecule has 2 saturated heterocycles. The third-order valence-corrected chi connectivity index (χ3v) is 3.71. The highest BCUT2D eigenvalue weighted by atomic mass is 16.5. The third-order valence-electron chi connectivity index (χ3n) is 3.71. The number of esters is 1. The lowest BCUT2D eigenvalue weighted by atomic mass is 9.68. The molecule has 2 heteroatoms. The minimum Gasteiger partial charge on any atom is -0.462 e. The second kappa shape index (κ2) is 2.24. The van der Waals surface area contributed by atoms with Crippen molar-refractivity contribution in [1.29, 1.82) is 0 Å². The smallest absolute Gasteiger partial charge is 0.309 e. The van der Waals surface area contributed by atoms with Crippen molar-refractivity contribution in [2.75, 3.05) is 0 Å². The Morgan fingerprint density at radius 2 is 1.67 bits per heavy atom. The summed E-state index contributed by atoms with van der Waals surface area (Å²) in [5.74, 6) is 1.98. The van der Waals surface area contributed by atoms with Gasteiger partial charge in [0.1, 0.15) is 6.10 Å². The number of hydrogen-bond donors (Lipinski definition) is 0. The van der Waals surface area contributed by atoms with E-state index in [-0.39, 0.29) is 18.0 Å². The van der Waals surface area contributed by atoms with Crippen LogP contribution in [0.2, 0.25) is 0 Å². The highest BCUT2D eigenvalue weighted by molar-refractivity contribution is 5.73. The Balaban J connectivity index is 1.95. The van der Waals surface area contributed by atoms with Gasteiger partial charge < -0.3 is 4.74 Å². The monoisotopic (exact) mass is 166 g/mol. The fraction of sp³-hybridized carbons (Fsp3) is 0.900. The van der Waals surface area contributed by atoms with Crippen molar-refractivity contribution in [3.05, 3.63) is 0 Å².